The summed E-state index contributed by atoms with van der Waals surface area (Å²) in [7, 11) is 3.22. The van der Waals surface area contributed by atoms with Crippen molar-refractivity contribution in [3.05, 3.63) is 48.3 Å². The lowest BCUT2D eigenvalue weighted by Crippen LogP contribution is -2.39. The summed E-state index contributed by atoms with van der Waals surface area (Å²) in [6.07, 6.45) is 0. The molecule has 0 saturated carbocycles. The van der Waals surface area contributed by atoms with Gasteiger partial charge in [0.05, 0.1) is 33.1 Å². The number of carbonyl (C=O) groups is 1. The van der Waals surface area contributed by atoms with E-state index in [2.05, 4.69) is 15.5 Å². The number of carbonyl (C=O) groups excluding carboxylic acids is 1. The number of rotatable bonds is 9. The van der Waals surface area contributed by atoms with Crippen LogP contribution in [-0.2, 0) is 9.53 Å². The van der Waals surface area contributed by atoms with Crippen LogP contribution in [0.3, 0.4) is 0 Å². The number of imidazole rings is 1. The summed E-state index contributed by atoms with van der Waals surface area (Å²) >= 11 is 0. The Kier molecular flexibility index (Phi) is 7.89. The molecule has 2 aromatic heterocycles. The highest BCUT2D eigenvalue weighted by Gasteiger charge is 2.20. The van der Waals surface area contributed by atoms with E-state index < -0.39 is 0 Å². The highest BCUT2D eigenvalue weighted by atomic mass is 16.5. The lowest BCUT2D eigenvalue weighted by molar-refractivity contribution is -0.114. The molecule has 39 heavy (non-hydrogen) atoms. The predicted molar refractivity (Wildman–Crippen MR) is 150 cm³/mol. The van der Waals surface area contributed by atoms with Gasteiger partial charge in [0, 0.05) is 50.4 Å². The van der Waals surface area contributed by atoms with Crippen LogP contribution in [0.5, 0.6) is 11.5 Å². The van der Waals surface area contributed by atoms with Crippen LogP contribution < -0.4 is 20.1 Å². The van der Waals surface area contributed by atoms with Crippen molar-refractivity contribution in [3.8, 4) is 28.6 Å². The fourth-order valence-corrected chi connectivity index (χ4v) is 4.69. The molecular weight excluding hydrogens is 498 g/mol. The standard InChI is InChI=1S/C28H33N7O4/c1-18-30-25-27(29-10-11-34-12-14-39-15-13-34)32-26(20-6-5-7-21(16-20)31-19(2)36)33-28(25)35(18)22-8-9-23(37-3)24(17-22)38-4/h5-9,16-17H,10-15H2,1-4H3,(H,31,36)(H,29,32,33). The van der Waals surface area contributed by atoms with Crippen LogP contribution in [0.2, 0.25) is 0 Å². The zero-order chi connectivity index (χ0) is 27.4. The minimum Gasteiger partial charge on any atom is -0.493 e. The molecule has 2 N–H and O–H groups in total. The number of aromatic nitrogens is 4. The van der Waals surface area contributed by atoms with E-state index in [9.17, 15) is 4.79 Å². The zero-order valence-electron chi connectivity index (χ0n) is 22.7. The van der Waals surface area contributed by atoms with E-state index in [-0.39, 0.29) is 5.91 Å². The molecular formula is C28H33N7O4. The molecule has 3 heterocycles. The van der Waals surface area contributed by atoms with Gasteiger partial charge in [-0.3, -0.25) is 14.3 Å². The molecule has 0 atom stereocenters. The minimum absolute atomic E-state index is 0.142. The number of morpholine rings is 1. The van der Waals surface area contributed by atoms with Gasteiger partial charge in [-0.25, -0.2) is 15.0 Å². The van der Waals surface area contributed by atoms with Crippen LogP contribution in [0.15, 0.2) is 42.5 Å². The highest BCUT2D eigenvalue weighted by Crippen LogP contribution is 2.33. The van der Waals surface area contributed by atoms with Crippen molar-refractivity contribution < 1.29 is 19.0 Å². The molecule has 11 nitrogen and oxygen atoms in total. The number of nitrogens with zero attached hydrogens (tertiary/aromatic N) is 5. The van der Waals surface area contributed by atoms with Crippen LogP contribution in [0.4, 0.5) is 11.5 Å². The fourth-order valence-electron chi connectivity index (χ4n) is 4.69. The molecule has 0 aliphatic carbocycles. The van der Waals surface area contributed by atoms with E-state index in [0.717, 1.165) is 49.9 Å². The van der Waals surface area contributed by atoms with Gasteiger partial charge in [-0.05, 0) is 31.2 Å². The average molecular weight is 532 g/mol. The summed E-state index contributed by atoms with van der Waals surface area (Å²) in [6, 6.07) is 13.2. The van der Waals surface area contributed by atoms with Crippen molar-refractivity contribution in [2.45, 2.75) is 13.8 Å². The topological polar surface area (TPSA) is 116 Å². The van der Waals surface area contributed by atoms with E-state index in [1.54, 1.807) is 14.2 Å². The lowest BCUT2D eigenvalue weighted by atomic mass is 10.2. The Hall–Kier alpha value is -4.22. The number of hydrogen-bond donors (Lipinski definition) is 2. The molecule has 204 valence electrons. The molecule has 0 spiro atoms. The predicted octanol–water partition coefficient (Wildman–Crippen LogP) is 3.51. The molecule has 1 saturated heterocycles. The van der Waals surface area contributed by atoms with Gasteiger partial charge in [-0.15, -0.1) is 0 Å². The number of amides is 1. The monoisotopic (exact) mass is 531 g/mol. The van der Waals surface area contributed by atoms with Crippen LogP contribution in [0.25, 0.3) is 28.2 Å². The second kappa shape index (κ2) is 11.7. The molecule has 1 aliphatic rings. The molecule has 0 radical (unpaired) electrons. The highest BCUT2D eigenvalue weighted by molar-refractivity contribution is 5.90. The van der Waals surface area contributed by atoms with Crippen molar-refractivity contribution in [1.29, 1.82) is 0 Å². The van der Waals surface area contributed by atoms with Crippen molar-refractivity contribution in [2.75, 3.05) is 64.2 Å². The Morgan fingerprint density at radius 2 is 1.82 bits per heavy atom. The number of hydrogen-bond acceptors (Lipinski definition) is 9. The van der Waals surface area contributed by atoms with Crippen molar-refractivity contribution in [3.63, 3.8) is 0 Å². The first-order valence-electron chi connectivity index (χ1n) is 12.9. The van der Waals surface area contributed by atoms with E-state index in [1.807, 2.05) is 54.0 Å². The Labute approximate surface area is 227 Å². The van der Waals surface area contributed by atoms with Gasteiger partial charge < -0.3 is 24.8 Å². The first-order valence-corrected chi connectivity index (χ1v) is 12.9. The van der Waals surface area contributed by atoms with Crippen LogP contribution in [0, 0.1) is 6.92 Å². The number of aryl methyl sites for hydroxylation is 1. The first kappa shape index (κ1) is 26.4. The van der Waals surface area contributed by atoms with Gasteiger partial charge in [0.2, 0.25) is 5.91 Å². The van der Waals surface area contributed by atoms with Gasteiger partial charge >= 0.3 is 0 Å². The average Bonchev–Trinajstić information content (AvgIpc) is 3.28. The Bertz CT molecular complexity index is 1480. The molecule has 5 rings (SSSR count). The summed E-state index contributed by atoms with van der Waals surface area (Å²) in [6.45, 7) is 8.30. The number of fused-ring (bicyclic) bond motifs is 1. The third-order valence-corrected chi connectivity index (χ3v) is 6.57. The Morgan fingerprint density at radius 3 is 2.56 bits per heavy atom. The lowest BCUT2D eigenvalue weighted by Gasteiger charge is -2.26. The molecule has 2 aromatic carbocycles. The third kappa shape index (κ3) is 5.79. The molecule has 11 heteroatoms. The number of benzene rings is 2. The Morgan fingerprint density at radius 1 is 1.03 bits per heavy atom. The summed E-state index contributed by atoms with van der Waals surface area (Å²) in [4.78, 5) is 28.7. The SMILES string of the molecule is COc1ccc(-n2c(C)nc3c(NCCN4CCOCC4)nc(-c4cccc(NC(C)=O)c4)nc32)cc1OC. The smallest absolute Gasteiger partial charge is 0.221 e. The largest absolute Gasteiger partial charge is 0.493 e. The quantitative estimate of drug-likeness (QED) is 0.335. The van der Waals surface area contributed by atoms with Crippen molar-refractivity contribution >= 4 is 28.6 Å². The second-order valence-corrected chi connectivity index (χ2v) is 9.24. The summed E-state index contributed by atoms with van der Waals surface area (Å²) in [5, 5.41) is 6.33. The van der Waals surface area contributed by atoms with E-state index >= 15 is 0 Å². The van der Waals surface area contributed by atoms with E-state index in [1.165, 1.54) is 6.92 Å². The number of anilines is 2. The molecule has 1 amide bonds. The number of ether oxygens (including phenoxy) is 3. The molecule has 0 unspecified atom stereocenters. The van der Waals surface area contributed by atoms with Crippen molar-refractivity contribution in [2.24, 2.45) is 0 Å². The maximum atomic E-state index is 11.6. The van der Waals surface area contributed by atoms with Crippen molar-refractivity contribution in [1.82, 2.24) is 24.4 Å². The first-order chi connectivity index (χ1) is 19.0. The van der Waals surface area contributed by atoms with Gasteiger partial charge in [0.1, 0.15) is 5.82 Å². The van der Waals surface area contributed by atoms with Gasteiger partial charge in [-0.2, -0.15) is 0 Å². The van der Waals surface area contributed by atoms with E-state index in [0.29, 0.717) is 46.5 Å². The summed E-state index contributed by atoms with van der Waals surface area (Å²) in [5.41, 5.74) is 3.62. The van der Waals surface area contributed by atoms with Gasteiger partial charge in [0.25, 0.3) is 0 Å². The van der Waals surface area contributed by atoms with Crippen LogP contribution in [-0.4, -0.2) is 83.9 Å². The molecule has 1 aliphatic heterocycles. The number of nitrogens with one attached hydrogen (secondary N) is 2. The minimum atomic E-state index is -0.142. The number of methoxy groups -OCH3 is 2. The molecule has 0 bridgehead atoms. The normalized spacial score (nSPS) is 13.8. The Balaban J connectivity index is 1.59. The van der Waals surface area contributed by atoms with Gasteiger partial charge in [-0.1, -0.05) is 12.1 Å². The second-order valence-electron chi connectivity index (χ2n) is 9.24. The summed E-state index contributed by atoms with van der Waals surface area (Å²) in [5.74, 6) is 3.03. The third-order valence-electron chi connectivity index (χ3n) is 6.57. The van der Waals surface area contributed by atoms with Gasteiger partial charge in [0.15, 0.2) is 34.3 Å². The zero-order valence-corrected chi connectivity index (χ0v) is 22.7. The molecule has 4 aromatic rings. The summed E-state index contributed by atoms with van der Waals surface area (Å²) < 4.78 is 18.4. The maximum Gasteiger partial charge on any atom is 0.221 e. The van der Waals surface area contributed by atoms with Crippen LogP contribution >= 0.6 is 0 Å². The van der Waals surface area contributed by atoms with Crippen LogP contribution in [0.1, 0.15) is 12.7 Å². The fraction of sp³-hybridized carbons (Fsp3) is 0.357. The maximum absolute atomic E-state index is 11.6. The molecule has 1 fully saturated rings. The van der Waals surface area contributed by atoms with E-state index in [4.69, 9.17) is 29.2 Å².